The highest BCUT2D eigenvalue weighted by Gasteiger charge is 2.26. The van der Waals surface area contributed by atoms with Crippen molar-refractivity contribution < 1.29 is 30.0 Å². The van der Waals surface area contributed by atoms with E-state index in [4.69, 9.17) is 20.4 Å². The molecule has 86 valence electrons. The van der Waals surface area contributed by atoms with E-state index in [9.17, 15) is 9.59 Å². The molecule has 0 unspecified atom stereocenters. The van der Waals surface area contributed by atoms with Gasteiger partial charge in [-0.3, -0.25) is 9.59 Å². The number of carbonyl (C=O) groups is 2. The molecule has 0 fully saturated rings. The van der Waals surface area contributed by atoms with Crippen LogP contribution in [0.25, 0.3) is 0 Å². The smallest absolute Gasteiger partial charge is 0.318 e. The molecule has 0 heterocycles. The van der Waals surface area contributed by atoms with Crippen LogP contribution in [0.3, 0.4) is 0 Å². The van der Waals surface area contributed by atoms with E-state index >= 15 is 0 Å². The summed E-state index contributed by atoms with van der Waals surface area (Å²) in [5, 5.41) is 35.5. The van der Waals surface area contributed by atoms with E-state index in [1.54, 1.807) is 0 Å². The number of hydrogen-bond donors (Lipinski definition) is 4. The molecular formula is C10H10O6. The zero-order chi connectivity index (χ0) is 12.3. The third-order valence-corrected chi connectivity index (χ3v) is 2.00. The van der Waals surface area contributed by atoms with Gasteiger partial charge in [0.2, 0.25) is 0 Å². The lowest BCUT2D eigenvalue weighted by Gasteiger charge is -2.08. The molecule has 0 aliphatic carbocycles. The summed E-state index contributed by atoms with van der Waals surface area (Å²) in [6, 6.07) is 3.48. The summed E-state index contributed by atoms with van der Waals surface area (Å²) < 4.78 is 0. The average Bonchev–Trinajstić information content (AvgIpc) is 2.11. The fourth-order valence-electron chi connectivity index (χ4n) is 1.29. The molecular weight excluding hydrogens is 216 g/mol. The van der Waals surface area contributed by atoms with Gasteiger partial charge in [0.1, 0.15) is 11.5 Å². The van der Waals surface area contributed by atoms with E-state index < -0.39 is 17.9 Å². The molecule has 0 aliphatic rings. The predicted molar refractivity (Wildman–Crippen MR) is 52.2 cm³/mol. The second-order valence-electron chi connectivity index (χ2n) is 3.29. The van der Waals surface area contributed by atoms with Crippen LogP contribution in [0.2, 0.25) is 0 Å². The number of phenolic OH excluding ortho intramolecular Hbond substituents is 2. The van der Waals surface area contributed by atoms with Crippen LogP contribution >= 0.6 is 0 Å². The summed E-state index contributed by atoms with van der Waals surface area (Å²) in [6.07, 6.45) is -0.299. The summed E-state index contributed by atoms with van der Waals surface area (Å²) in [4.78, 5) is 21.2. The number of rotatable bonds is 4. The van der Waals surface area contributed by atoms with E-state index in [1.165, 1.54) is 12.1 Å². The number of aromatic hydroxyl groups is 2. The van der Waals surface area contributed by atoms with Crippen LogP contribution in [0.15, 0.2) is 18.2 Å². The van der Waals surface area contributed by atoms with Crippen molar-refractivity contribution >= 4 is 11.9 Å². The number of carboxylic acids is 2. The lowest BCUT2D eigenvalue weighted by atomic mass is 9.99. The first kappa shape index (κ1) is 11.8. The average molecular weight is 226 g/mol. The standard InChI is InChI=1S/C10H10O6/c11-6-1-5(2-7(12)4-6)3-8(9(13)14)10(15)16/h1-2,4,8,11-12H,3H2,(H,13,14)(H,15,16). The zero-order valence-corrected chi connectivity index (χ0v) is 8.12. The Kier molecular flexibility index (Phi) is 3.34. The second-order valence-corrected chi connectivity index (χ2v) is 3.29. The minimum atomic E-state index is -1.60. The monoisotopic (exact) mass is 226 g/mol. The van der Waals surface area contributed by atoms with E-state index in [-0.39, 0.29) is 23.5 Å². The summed E-state index contributed by atoms with van der Waals surface area (Å²) in [5.41, 5.74) is 0.243. The molecule has 1 rings (SSSR count). The fourth-order valence-corrected chi connectivity index (χ4v) is 1.29. The Morgan fingerprint density at radius 2 is 1.44 bits per heavy atom. The number of carboxylic acid groups (broad SMARTS) is 2. The summed E-state index contributed by atoms with van der Waals surface area (Å²) >= 11 is 0. The maximum atomic E-state index is 10.6. The molecule has 0 atom stereocenters. The third-order valence-electron chi connectivity index (χ3n) is 2.00. The van der Waals surface area contributed by atoms with Crippen molar-refractivity contribution in [2.75, 3.05) is 0 Å². The van der Waals surface area contributed by atoms with E-state index in [2.05, 4.69) is 0 Å². The van der Waals surface area contributed by atoms with Gasteiger partial charge < -0.3 is 20.4 Å². The fraction of sp³-hybridized carbons (Fsp3) is 0.200. The third kappa shape index (κ3) is 2.88. The van der Waals surface area contributed by atoms with Crippen molar-refractivity contribution in [1.82, 2.24) is 0 Å². The Labute approximate surface area is 90.4 Å². The first-order chi connectivity index (χ1) is 7.40. The first-order valence-corrected chi connectivity index (χ1v) is 4.37. The molecule has 16 heavy (non-hydrogen) atoms. The minimum absolute atomic E-state index is 0.243. The largest absolute Gasteiger partial charge is 0.508 e. The lowest BCUT2D eigenvalue weighted by molar-refractivity contribution is -0.154. The summed E-state index contributed by atoms with van der Waals surface area (Å²) in [5.74, 6) is -5.01. The molecule has 0 radical (unpaired) electrons. The van der Waals surface area contributed by atoms with Crippen LogP contribution < -0.4 is 0 Å². The predicted octanol–water partition coefficient (Wildman–Crippen LogP) is 0.426. The number of phenols is 2. The Morgan fingerprint density at radius 1 is 1.00 bits per heavy atom. The van der Waals surface area contributed by atoms with Crippen LogP contribution in [0.5, 0.6) is 11.5 Å². The first-order valence-electron chi connectivity index (χ1n) is 4.37. The Hall–Kier alpha value is -2.24. The molecule has 0 bridgehead atoms. The van der Waals surface area contributed by atoms with Gasteiger partial charge in [-0.1, -0.05) is 0 Å². The van der Waals surface area contributed by atoms with Gasteiger partial charge >= 0.3 is 11.9 Å². The number of hydrogen-bond acceptors (Lipinski definition) is 4. The van der Waals surface area contributed by atoms with E-state index in [0.29, 0.717) is 0 Å². The maximum Gasteiger partial charge on any atom is 0.318 e. The Morgan fingerprint density at radius 3 is 1.81 bits per heavy atom. The molecule has 0 aliphatic heterocycles. The van der Waals surface area contributed by atoms with Gasteiger partial charge in [0.25, 0.3) is 0 Å². The quantitative estimate of drug-likeness (QED) is 0.553. The normalized spacial score (nSPS) is 10.3. The SMILES string of the molecule is O=C(O)C(Cc1cc(O)cc(O)c1)C(=O)O. The van der Waals surface area contributed by atoms with Gasteiger partial charge in [-0.2, -0.15) is 0 Å². The topological polar surface area (TPSA) is 115 Å². The van der Waals surface area contributed by atoms with Gasteiger partial charge in [-0.15, -0.1) is 0 Å². The van der Waals surface area contributed by atoms with Crippen molar-refractivity contribution in [3.05, 3.63) is 23.8 Å². The molecule has 0 amide bonds. The number of aliphatic carboxylic acids is 2. The van der Waals surface area contributed by atoms with E-state index in [1.807, 2.05) is 0 Å². The van der Waals surface area contributed by atoms with E-state index in [0.717, 1.165) is 6.07 Å². The number of benzene rings is 1. The molecule has 6 heteroatoms. The van der Waals surface area contributed by atoms with Crippen LogP contribution in [0.1, 0.15) is 5.56 Å². The van der Waals surface area contributed by atoms with Crippen molar-refractivity contribution in [3.63, 3.8) is 0 Å². The highest BCUT2D eigenvalue weighted by molar-refractivity contribution is 5.93. The maximum absolute atomic E-state index is 10.6. The van der Waals surface area contributed by atoms with Crippen molar-refractivity contribution in [2.24, 2.45) is 5.92 Å². The van der Waals surface area contributed by atoms with Crippen LogP contribution in [-0.4, -0.2) is 32.4 Å². The van der Waals surface area contributed by atoms with Crippen molar-refractivity contribution in [3.8, 4) is 11.5 Å². The van der Waals surface area contributed by atoms with Gasteiger partial charge in [-0.25, -0.2) is 0 Å². The molecule has 1 aromatic rings. The van der Waals surface area contributed by atoms with Gasteiger partial charge in [0.15, 0.2) is 5.92 Å². The summed E-state index contributed by atoms with van der Waals surface area (Å²) in [7, 11) is 0. The highest BCUT2D eigenvalue weighted by Crippen LogP contribution is 2.22. The van der Waals surface area contributed by atoms with Gasteiger partial charge in [0, 0.05) is 6.07 Å². The van der Waals surface area contributed by atoms with Crippen LogP contribution in [0, 0.1) is 5.92 Å². The van der Waals surface area contributed by atoms with Gasteiger partial charge in [0.05, 0.1) is 0 Å². The molecule has 4 N–H and O–H groups in total. The van der Waals surface area contributed by atoms with Gasteiger partial charge in [-0.05, 0) is 24.1 Å². The molecule has 0 aromatic heterocycles. The van der Waals surface area contributed by atoms with Crippen molar-refractivity contribution in [1.29, 1.82) is 0 Å². The molecule has 0 saturated heterocycles. The highest BCUT2D eigenvalue weighted by atomic mass is 16.4. The molecule has 1 aromatic carbocycles. The minimum Gasteiger partial charge on any atom is -0.508 e. The van der Waals surface area contributed by atoms with Crippen LogP contribution in [0.4, 0.5) is 0 Å². The Balaban J connectivity index is 2.93. The zero-order valence-electron chi connectivity index (χ0n) is 8.12. The molecule has 6 nitrogen and oxygen atoms in total. The Bertz CT molecular complexity index is 391. The second kappa shape index (κ2) is 4.52. The molecule has 0 saturated carbocycles. The van der Waals surface area contributed by atoms with Crippen molar-refractivity contribution in [2.45, 2.75) is 6.42 Å². The lowest BCUT2D eigenvalue weighted by Crippen LogP contribution is -2.25. The molecule has 0 spiro atoms. The van der Waals surface area contributed by atoms with Crippen LogP contribution in [-0.2, 0) is 16.0 Å². The summed E-state index contributed by atoms with van der Waals surface area (Å²) in [6.45, 7) is 0.